The summed E-state index contributed by atoms with van der Waals surface area (Å²) in [6, 6.07) is 4.34. The van der Waals surface area contributed by atoms with Crippen LogP contribution < -0.4 is 9.64 Å². The molecule has 0 saturated heterocycles. The van der Waals surface area contributed by atoms with Gasteiger partial charge < -0.3 is 14.7 Å². The number of carboxylic acid groups (broad SMARTS) is 1. The molecule has 7 heteroatoms. The van der Waals surface area contributed by atoms with Crippen LogP contribution in [0.3, 0.4) is 0 Å². The number of nitro groups is 1. The minimum absolute atomic E-state index is 0.116. The molecule has 0 saturated carbocycles. The van der Waals surface area contributed by atoms with Crippen molar-refractivity contribution in [1.82, 2.24) is 0 Å². The molecular weight excluding hydrogens is 276 g/mol. The van der Waals surface area contributed by atoms with Gasteiger partial charge in [-0.2, -0.15) is 0 Å². The van der Waals surface area contributed by atoms with Gasteiger partial charge in [0.15, 0.2) is 0 Å². The van der Waals surface area contributed by atoms with Crippen LogP contribution in [0.1, 0.15) is 27.2 Å². The van der Waals surface area contributed by atoms with Crippen molar-refractivity contribution in [3.8, 4) is 5.75 Å². The number of hydrogen-bond acceptors (Lipinski definition) is 5. The van der Waals surface area contributed by atoms with Gasteiger partial charge in [0.2, 0.25) is 0 Å². The van der Waals surface area contributed by atoms with Crippen LogP contribution in [-0.4, -0.2) is 35.2 Å². The van der Waals surface area contributed by atoms with Gasteiger partial charge in [-0.15, -0.1) is 0 Å². The van der Waals surface area contributed by atoms with Crippen LogP contribution in [0, 0.1) is 10.1 Å². The largest absolute Gasteiger partial charge is 0.491 e. The zero-order valence-electron chi connectivity index (χ0n) is 12.4. The Morgan fingerprint density at radius 1 is 1.43 bits per heavy atom. The smallest absolute Gasteiger partial charge is 0.323 e. The van der Waals surface area contributed by atoms with Crippen molar-refractivity contribution in [2.24, 2.45) is 0 Å². The van der Waals surface area contributed by atoms with Crippen LogP contribution in [0.25, 0.3) is 0 Å². The zero-order valence-corrected chi connectivity index (χ0v) is 12.4. The van der Waals surface area contributed by atoms with Crippen molar-refractivity contribution in [2.45, 2.75) is 33.3 Å². The summed E-state index contributed by atoms with van der Waals surface area (Å²) >= 11 is 0. The molecule has 1 aromatic carbocycles. The van der Waals surface area contributed by atoms with E-state index >= 15 is 0 Å². The SMILES string of the molecule is CCCN(CC(=O)O)c1cc(OC(C)C)cc([N+](=O)[O-])c1. The highest BCUT2D eigenvalue weighted by atomic mass is 16.6. The number of carboxylic acids is 1. The highest BCUT2D eigenvalue weighted by Gasteiger charge is 2.17. The molecule has 0 amide bonds. The van der Waals surface area contributed by atoms with Gasteiger partial charge in [0, 0.05) is 24.4 Å². The number of hydrogen-bond donors (Lipinski definition) is 1. The summed E-state index contributed by atoms with van der Waals surface area (Å²) in [5, 5.41) is 20.0. The van der Waals surface area contributed by atoms with Gasteiger partial charge >= 0.3 is 5.97 Å². The number of nitro benzene ring substituents is 1. The Hall–Kier alpha value is -2.31. The summed E-state index contributed by atoms with van der Waals surface area (Å²) in [4.78, 5) is 23.0. The number of ether oxygens (including phenoxy) is 1. The minimum atomic E-state index is -0.985. The van der Waals surface area contributed by atoms with Gasteiger partial charge in [-0.05, 0) is 20.3 Å². The topological polar surface area (TPSA) is 92.9 Å². The van der Waals surface area contributed by atoms with Gasteiger partial charge in [-0.3, -0.25) is 14.9 Å². The van der Waals surface area contributed by atoms with Gasteiger partial charge in [-0.1, -0.05) is 6.92 Å². The van der Waals surface area contributed by atoms with Crippen LogP contribution in [-0.2, 0) is 4.79 Å². The van der Waals surface area contributed by atoms with Crippen molar-refractivity contribution in [3.05, 3.63) is 28.3 Å². The van der Waals surface area contributed by atoms with Crippen LogP contribution in [0.15, 0.2) is 18.2 Å². The maximum atomic E-state index is 11.0. The van der Waals surface area contributed by atoms with E-state index in [0.717, 1.165) is 6.42 Å². The first-order valence-electron chi connectivity index (χ1n) is 6.76. The number of rotatable bonds is 8. The lowest BCUT2D eigenvalue weighted by Gasteiger charge is -2.23. The normalized spacial score (nSPS) is 10.5. The third-order valence-electron chi connectivity index (χ3n) is 2.64. The first kappa shape index (κ1) is 16.7. The van der Waals surface area contributed by atoms with E-state index in [9.17, 15) is 14.9 Å². The lowest BCUT2D eigenvalue weighted by Crippen LogP contribution is -2.30. The van der Waals surface area contributed by atoms with E-state index in [0.29, 0.717) is 18.0 Å². The molecule has 1 N–H and O–H groups in total. The third-order valence-corrected chi connectivity index (χ3v) is 2.64. The highest BCUT2D eigenvalue weighted by Crippen LogP contribution is 2.29. The fourth-order valence-corrected chi connectivity index (χ4v) is 1.93. The number of aliphatic carboxylic acids is 1. The molecule has 0 aliphatic rings. The lowest BCUT2D eigenvalue weighted by molar-refractivity contribution is -0.384. The molecule has 21 heavy (non-hydrogen) atoms. The van der Waals surface area contributed by atoms with E-state index in [-0.39, 0.29) is 18.3 Å². The quantitative estimate of drug-likeness (QED) is 0.585. The standard InChI is InChI=1S/C14H20N2O5/c1-4-5-15(9-14(17)18)11-6-12(16(19)20)8-13(7-11)21-10(2)3/h6-8,10H,4-5,9H2,1-3H3,(H,17,18). The second kappa shape index (κ2) is 7.47. The van der Waals surface area contributed by atoms with Crippen LogP contribution in [0.5, 0.6) is 5.75 Å². The van der Waals surface area contributed by atoms with E-state index in [2.05, 4.69) is 0 Å². The highest BCUT2D eigenvalue weighted by molar-refractivity contribution is 5.74. The molecule has 0 aliphatic carbocycles. The lowest BCUT2D eigenvalue weighted by atomic mass is 10.2. The second-order valence-electron chi connectivity index (χ2n) is 4.92. The van der Waals surface area contributed by atoms with Gasteiger partial charge in [-0.25, -0.2) is 0 Å². The van der Waals surface area contributed by atoms with Crippen molar-refractivity contribution in [3.63, 3.8) is 0 Å². The molecule has 0 spiro atoms. The third kappa shape index (κ3) is 5.29. The maximum Gasteiger partial charge on any atom is 0.323 e. The Morgan fingerprint density at radius 2 is 2.10 bits per heavy atom. The van der Waals surface area contributed by atoms with Crippen molar-refractivity contribution in [1.29, 1.82) is 0 Å². The van der Waals surface area contributed by atoms with Crippen LogP contribution in [0.2, 0.25) is 0 Å². The second-order valence-corrected chi connectivity index (χ2v) is 4.92. The summed E-state index contributed by atoms with van der Waals surface area (Å²) in [6.45, 7) is 5.83. The summed E-state index contributed by atoms with van der Waals surface area (Å²) < 4.78 is 5.50. The Labute approximate surface area is 123 Å². The Morgan fingerprint density at radius 3 is 2.57 bits per heavy atom. The van der Waals surface area contributed by atoms with E-state index < -0.39 is 10.9 Å². The summed E-state index contributed by atoms with van der Waals surface area (Å²) in [6.07, 6.45) is 0.607. The number of anilines is 1. The van der Waals surface area contributed by atoms with E-state index in [1.807, 2.05) is 20.8 Å². The minimum Gasteiger partial charge on any atom is -0.491 e. The van der Waals surface area contributed by atoms with Crippen LogP contribution in [0.4, 0.5) is 11.4 Å². The molecule has 1 aromatic rings. The van der Waals surface area contributed by atoms with E-state index in [1.165, 1.54) is 12.1 Å². The number of benzene rings is 1. The van der Waals surface area contributed by atoms with Gasteiger partial charge in [0.05, 0.1) is 17.1 Å². The number of nitrogens with zero attached hydrogens (tertiary/aromatic N) is 2. The van der Waals surface area contributed by atoms with E-state index in [4.69, 9.17) is 9.84 Å². The first-order chi connectivity index (χ1) is 9.83. The predicted octanol–water partition coefficient (Wildman–Crippen LogP) is 2.68. The fraction of sp³-hybridized carbons (Fsp3) is 0.500. The molecule has 0 fully saturated rings. The maximum absolute atomic E-state index is 11.0. The predicted molar refractivity (Wildman–Crippen MR) is 79.0 cm³/mol. The molecule has 0 aromatic heterocycles. The van der Waals surface area contributed by atoms with Crippen molar-refractivity contribution in [2.75, 3.05) is 18.0 Å². The molecule has 0 heterocycles. The Kier molecular flexibility index (Phi) is 5.95. The summed E-state index contributed by atoms with van der Waals surface area (Å²) in [5.41, 5.74) is 0.360. The molecule has 1 rings (SSSR count). The summed E-state index contributed by atoms with van der Waals surface area (Å²) in [7, 11) is 0. The van der Waals surface area contributed by atoms with Gasteiger partial charge in [0.1, 0.15) is 12.3 Å². The fourth-order valence-electron chi connectivity index (χ4n) is 1.93. The average Bonchev–Trinajstić information content (AvgIpc) is 2.36. The molecule has 0 atom stereocenters. The zero-order chi connectivity index (χ0) is 16.0. The van der Waals surface area contributed by atoms with Gasteiger partial charge in [0.25, 0.3) is 5.69 Å². The van der Waals surface area contributed by atoms with Crippen molar-refractivity contribution < 1.29 is 19.6 Å². The molecule has 0 radical (unpaired) electrons. The monoisotopic (exact) mass is 296 g/mol. The van der Waals surface area contributed by atoms with Crippen molar-refractivity contribution >= 4 is 17.3 Å². The van der Waals surface area contributed by atoms with E-state index in [1.54, 1.807) is 11.0 Å². The van der Waals surface area contributed by atoms with Crippen LogP contribution >= 0.6 is 0 Å². The molecule has 0 bridgehead atoms. The Bertz CT molecular complexity index is 516. The molecular formula is C14H20N2O5. The molecule has 7 nitrogen and oxygen atoms in total. The number of carbonyl (C=O) groups is 1. The summed E-state index contributed by atoms with van der Waals surface area (Å²) in [5.74, 6) is -0.623. The number of non-ortho nitro benzene ring substituents is 1. The average molecular weight is 296 g/mol. The molecule has 116 valence electrons. The first-order valence-corrected chi connectivity index (χ1v) is 6.76. The molecule has 0 aliphatic heterocycles. The Balaban J connectivity index is 3.20. The molecule has 0 unspecified atom stereocenters.